The molecule has 0 fully saturated rings. The molecule has 3 aromatic heterocycles. The summed E-state index contributed by atoms with van der Waals surface area (Å²) in [5.74, 6) is -0.0722. The fourth-order valence-electron chi connectivity index (χ4n) is 3.14. The van der Waals surface area contributed by atoms with Gasteiger partial charge in [0.05, 0.1) is 11.4 Å². The average molecular weight is 416 g/mol. The quantitative estimate of drug-likeness (QED) is 0.501. The van der Waals surface area contributed by atoms with Gasteiger partial charge in [-0.05, 0) is 55.8 Å². The van der Waals surface area contributed by atoms with Gasteiger partial charge in [0, 0.05) is 36.1 Å². The number of carbonyl (C=O) groups excluding carboxylic acids is 1. The van der Waals surface area contributed by atoms with Crippen LogP contribution in [0.5, 0.6) is 0 Å². The Hall–Kier alpha value is -3.94. The van der Waals surface area contributed by atoms with Gasteiger partial charge in [-0.1, -0.05) is 12.1 Å². The van der Waals surface area contributed by atoms with E-state index in [0.717, 1.165) is 33.9 Å². The van der Waals surface area contributed by atoms with Crippen LogP contribution in [0.15, 0.2) is 54.7 Å². The largest absolute Gasteiger partial charge is 0.347 e. The number of halogens is 1. The molecular weight excluding hydrogens is 395 g/mol. The van der Waals surface area contributed by atoms with Crippen molar-refractivity contribution in [3.63, 3.8) is 0 Å². The first kappa shape index (κ1) is 20.3. The zero-order chi connectivity index (χ0) is 21.8. The van der Waals surface area contributed by atoms with E-state index in [1.54, 1.807) is 30.5 Å². The van der Waals surface area contributed by atoms with E-state index in [0.29, 0.717) is 18.8 Å². The SMILES string of the molecule is Cc1cc(Cc2cc(C)[nH]n2)nc(-c2ccc(C(=O)NCc3ccc(F)cc3)nc2)n1. The van der Waals surface area contributed by atoms with Gasteiger partial charge in [0.25, 0.3) is 5.91 Å². The van der Waals surface area contributed by atoms with Crippen LogP contribution in [0.4, 0.5) is 4.39 Å². The van der Waals surface area contributed by atoms with Crippen molar-refractivity contribution in [2.75, 3.05) is 0 Å². The minimum atomic E-state index is -0.312. The molecular formula is C23H21FN6O. The number of benzene rings is 1. The summed E-state index contributed by atoms with van der Waals surface area (Å²) in [6.07, 6.45) is 2.18. The Balaban J connectivity index is 1.45. The van der Waals surface area contributed by atoms with Gasteiger partial charge in [-0.15, -0.1) is 0 Å². The minimum Gasteiger partial charge on any atom is -0.347 e. The van der Waals surface area contributed by atoms with Gasteiger partial charge in [-0.3, -0.25) is 14.9 Å². The minimum absolute atomic E-state index is 0.283. The number of hydrogen-bond acceptors (Lipinski definition) is 5. The normalized spacial score (nSPS) is 10.8. The van der Waals surface area contributed by atoms with E-state index in [9.17, 15) is 9.18 Å². The second-order valence-electron chi connectivity index (χ2n) is 7.28. The van der Waals surface area contributed by atoms with Crippen molar-refractivity contribution in [1.82, 2.24) is 30.5 Å². The van der Waals surface area contributed by atoms with Crippen molar-refractivity contribution >= 4 is 5.91 Å². The number of H-pyrrole nitrogens is 1. The number of nitrogens with zero attached hydrogens (tertiary/aromatic N) is 4. The number of rotatable bonds is 6. The molecule has 1 aromatic carbocycles. The number of aromatic amines is 1. The molecule has 31 heavy (non-hydrogen) atoms. The van der Waals surface area contributed by atoms with E-state index in [1.165, 1.54) is 12.1 Å². The maximum Gasteiger partial charge on any atom is 0.270 e. The van der Waals surface area contributed by atoms with E-state index in [2.05, 4.69) is 30.5 Å². The predicted octanol–water partition coefficient (Wildman–Crippen LogP) is 3.54. The van der Waals surface area contributed by atoms with Gasteiger partial charge in [-0.2, -0.15) is 5.10 Å². The maximum absolute atomic E-state index is 13.0. The summed E-state index contributed by atoms with van der Waals surface area (Å²) in [7, 11) is 0. The highest BCUT2D eigenvalue weighted by Crippen LogP contribution is 2.17. The highest BCUT2D eigenvalue weighted by atomic mass is 19.1. The van der Waals surface area contributed by atoms with Crippen LogP contribution in [-0.2, 0) is 13.0 Å². The van der Waals surface area contributed by atoms with Crippen LogP contribution in [0.25, 0.3) is 11.4 Å². The second-order valence-corrected chi connectivity index (χ2v) is 7.28. The molecule has 0 aliphatic carbocycles. The topological polar surface area (TPSA) is 96.5 Å². The molecule has 4 aromatic rings. The smallest absolute Gasteiger partial charge is 0.270 e. The number of pyridine rings is 1. The Morgan fingerprint density at radius 3 is 2.52 bits per heavy atom. The Bertz CT molecular complexity index is 1200. The lowest BCUT2D eigenvalue weighted by Crippen LogP contribution is -2.23. The fourth-order valence-corrected chi connectivity index (χ4v) is 3.14. The summed E-state index contributed by atoms with van der Waals surface area (Å²) in [5, 5.41) is 9.97. The standard InChI is InChI=1S/C23H21FN6O/c1-14-9-19(11-20-10-15(2)29-30-20)28-22(27-14)17-5-8-21(25-13-17)23(31)26-12-16-3-6-18(24)7-4-16/h3-10,13H,11-12H2,1-2H3,(H,26,31)(H,29,30). The van der Waals surface area contributed by atoms with E-state index in [1.807, 2.05) is 26.0 Å². The van der Waals surface area contributed by atoms with Gasteiger partial charge in [0.1, 0.15) is 11.5 Å². The zero-order valence-electron chi connectivity index (χ0n) is 17.2. The number of aromatic nitrogens is 5. The summed E-state index contributed by atoms with van der Waals surface area (Å²) in [6, 6.07) is 13.3. The van der Waals surface area contributed by atoms with E-state index in [-0.39, 0.29) is 17.4 Å². The molecule has 0 bridgehead atoms. The van der Waals surface area contributed by atoms with Crippen LogP contribution < -0.4 is 5.32 Å². The van der Waals surface area contributed by atoms with Crippen molar-refractivity contribution in [3.05, 3.63) is 94.6 Å². The van der Waals surface area contributed by atoms with Crippen LogP contribution >= 0.6 is 0 Å². The first-order valence-corrected chi connectivity index (χ1v) is 9.81. The number of nitrogens with one attached hydrogen (secondary N) is 2. The molecule has 4 rings (SSSR count). The van der Waals surface area contributed by atoms with Gasteiger partial charge < -0.3 is 5.32 Å². The molecule has 1 amide bonds. The molecule has 0 unspecified atom stereocenters. The number of amides is 1. The summed E-state index contributed by atoms with van der Waals surface area (Å²) >= 11 is 0. The molecule has 0 atom stereocenters. The second kappa shape index (κ2) is 8.83. The van der Waals surface area contributed by atoms with Crippen molar-refractivity contribution < 1.29 is 9.18 Å². The highest BCUT2D eigenvalue weighted by molar-refractivity contribution is 5.92. The highest BCUT2D eigenvalue weighted by Gasteiger charge is 2.11. The summed E-state index contributed by atoms with van der Waals surface area (Å²) in [6.45, 7) is 4.16. The molecule has 0 saturated heterocycles. The average Bonchev–Trinajstić information content (AvgIpc) is 3.17. The van der Waals surface area contributed by atoms with Crippen molar-refractivity contribution in [1.29, 1.82) is 0 Å². The molecule has 8 heteroatoms. The summed E-state index contributed by atoms with van der Waals surface area (Å²) < 4.78 is 13.0. The van der Waals surface area contributed by atoms with Crippen LogP contribution in [0.3, 0.4) is 0 Å². The van der Waals surface area contributed by atoms with Gasteiger partial charge in [0.2, 0.25) is 0 Å². The number of hydrogen-bond donors (Lipinski definition) is 2. The van der Waals surface area contributed by atoms with Crippen LogP contribution in [0.1, 0.15) is 38.8 Å². The zero-order valence-corrected chi connectivity index (χ0v) is 17.2. The van der Waals surface area contributed by atoms with E-state index >= 15 is 0 Å². The Labute approximate surface area is 178 Å². The third-order valence-electron chi connectivity index (χ3n) is 4.65. The third-order valence-corrected chi connectivity index (χ3v) is 4.65. The number of carbonyl (C=O) groups is 1. The maximum atomic E-state index is 13.0. The molecule has 2 N–H and O–H groups in total. The van der Waals surface area contributed by atoms with Crippen LogP contribution in [-0.4, -0.2) is 31.1 Å². The van der Waals surface area contributed by atoms with Crippen molar-refractivity contribution in [3.8, 4) is 11.4 Å². The van der Waals surface area contributed by atoms with E-state index in [4.69, 9.17) is 0 Å². The van der Waals surface area contributed by atoms with Gasteiger partial charge >= 0.3 is 0 Å². The summed E-state index contributed by atoms with van der Waals surface area (Å²) in [5.41, 5.74) is 5.41. The molecule has 7 nitrogen and oxygen atoms in total. The molecule has 0 aliphatic heterocycles. The molecule has 3 heterocycles. The number of aryl methyl sites for hydroxylation is 2. The molecule has 0 saturated carbocycles. The Morgan fingerprint density at radius 1 is 1.03 bits per heavy atom. The lowest BCUT2D eigenvalue weighted by atomic mass is 10.1. The molecule has 0 aliphatic rings. The van der Waals surface area contributed by atoms with Gasteiger partial charge in [0.15, 0.2) is 5.82 Å². The fraction of sp³-hybridized carbons (Fsp3) is 0.174. The first-order chi connectivity index (χ1) is 15.0. The summed E-state index contributed by atoms with van der Waals surface area (Å²) in [4.78, 5) is 25.7. The molecule has 156 valence electrons. The monoisotopic (exact) mass is 416 g/mol. The molecule has 0 radical (unpaired) electrons. The predicted molar refractivity (Wildman–Crippen MR) is 114 cm³/mol. The van der Waals surface area contributed by atoms with Crippen molar-refractivity contribution in [2.45, 2.75) is 26.8 Å². The lowest BCUT2D eigenvalue weighted by molar-refractivity contribution is 0.0946. The van der Waals surface area contributed by atoms with Crippen molar-refractivity contribution in [2.24, 2.45) is 0 Å². The third kappa shape index (κ3) is 5.16. The molecule has 0 spiro atoms. The van der Waals surface area contributed by atoms with Crippen LogP contribution in [0.2, 0.25) is 0 Å². The van der Waals surface area contributed by atoms with E-state index < -0.39 is 0 Å². The van der Waals surface area contributed by atoms with Crippen LogP contribution in [0, 0.1) is 19.7 Å². The lowest BCUT2D eigenvalue weighted by Gasteiger charge is -2.07. The first-order valence-electron chi connectivity index (χ1n) is 9.81. The van der Waals surface area contributed by atoms with Gasteiger partial charge in [-0.25, -0.2) is 14.4 Å². The Kier molecular flexibility index (Phi) is 5.79. The Morgan fingerprint density at radius 2 is 1.84 bits per heavy atom.